The van der Waals surface area contributed by atoms with Gasteiger partial charge >= 0.3 is 0 Å². The van der Waals surface area contributed by atoms with Gasteiger partial charge in [0.1, 0.15) is 11.6 Å². The van der Waals surface area contributed by atoms with Gasteiger partial charge in [-0.25, -0.2) is 4.39 Å². The van der Waals surface area contributed by atoms with Crippen LogP contribution in [0.4, 0.5) is 16.2 Å². The molecule has 0 spiro atoms. The molecule has 6 nitrogen and oxygen atoms in total. The number of ether oxygens (including phenoxy) is 1. The van der Waals surface area contributed by atoms with Gasteiger partial charge in [0.2, 0.25) is 5.95 Å². The van der Waals surface area contributed by atoms with Crippen LogP contribution in [0, 0.1) is 5.82 Å². The number of hydrogen-bond acceptors (Lipinski definition) is 6. The maximum Gasteiger partial charge on any atom is 0.244 e. The van der Waals surface area contributed by atoms with Gasteiger partial charge in [0.05, 0.1) is 13.3 Å². The minimum Gasteiger partial charge on any atom is -0.497 e. The Labute approximate surface area is 157 Å². The van der Waals surface area contributed by atoms with Gasteiger partial charge in [-0.1, -0.05) is 24.3 Å². The molecule has 1 heterocycles. The maximum atomic E-state index is 12.9. The molecule has 2 aromatic carbocycles. The summed E-state index contributed by atoms with van der Waals surface area (Å²) in [4.78, 5) is 4.40. The number of methoxy groups -OCH3 is 1. The second kappa shape index (κ2) is 9.47. The molecule has 140 valence electrons. The summed E-state index contributed by atoms with van der Waals surface area (Å²) >= 11 is 0. The number of nitrogens with one attached hydrogen (secondary N) is 2. The highest BCUT2D eigenvalue weighted by Gasteiger charge is 2.01. The van der Waals surface area contributed by atoms with Crippen LogP contribution < -0.4 is 15.4 Å². The van der Waals surface area contributed by atoms with E-state index in [0.717, 1.165) is 30.7 Å². The Hall–Kier alpha value is -3.22. The highest BCUT2D eigenvalue weighted by molar-refractivity contribution is 5.37. The van der Waals surface area contributed by atoms with Gasteiger partial charge in [0.15, 0.2) is 5.82 Å². The lowest BCUT2D eigenvalue weighted by molar-refractivity contribution is 0.414. The van der Waals surface area contributed by atoms with Gasteiger partial charge in [-0.3, -0.25) is 0 Å². The van der Waals surface area contributed by atoms with Crippen LogP contribution in [-0.2, 0) is 12.8 Å². The molecule has 0 saturated carbocycles. The minimum atomic E-state index is -0.229. The SMILES string of the molecule is COc1ccc(CCNc2cnnc(NCCc3ccc(F)cc3)n2)cc1. The fourth-order valence-electron chi connectivity index (χ4n) is 2.56. The van der Waals surface area contributed by atoms with E-state index in [9.17, 15) is 4.39 Å². The second-order valence-electron chi connectivity index (χ2n) is 5.99. The van der Waals surface area contributed by atoms with Crippen LogP contribution in [0.1, 0.15) is 11.1 Å². The molecule has 0 aliphatic heterocycles. The molecule has 3 rings (SSSR count). The molecule has 0 aliphatic rings. The van der Waals surface area contributed by atoms with Crippen LogP contribution in [0.2, 0.25) is 0 Å². The van der Waals surface area contributed by atoms with E-state index in [4.69, 9.17) is 4.74 Å². The zero-order chi connectivity index (χ0) is 18.9. The topological polar surface area (TPSA) is 72.0 Å². The predicted molar refractivity (Wildman–Crippen MR) is 104 cm³/mol. The second-order valence-corrected chi connectivity index (χ2v) is 5.99. The van der Waals surface area contributed by atoms with Gasteiger partial charge in [-0.05, 0) is 48.2 Å². The maximum absolute atomic E-state index is 12.9. The standard InChI is InChI=1S/C20H22FN5O/c1-27-18-8-4-16(5-9-18)10-12-22-19-14-24-26-20(25-19)23-13-11-15-2-6-17(21)7-3-15/h2-9,14H,10-13H2,1H3,(H2,22,23,25,26). The first-order valence-electron chi connectivity index (χ1n) is 8.78. The molecule has 7 heteroatoms. The lowest BCUT2D eigenvalue weighted by atomic mass is 10.1. The number of hydrogen-bond donors (Lipinski definition) is 2. The van der Waals surface area contributed by atoms with E-state index >= 15 is 0 Å². The number of benzene rings is 2. The molecule has 0 aliphatic carbocycles. The zero-order valence-corrected chi connectivity index (χ0v) is 15.2. The van der Waals surface area contributed by atoms with Crippen LogP contribution >= 0.6 is 0 Å². The van der Waals surface area contributed by atoms with E-state index in [1.807, 2.05) is 24.3 Å². The molecule has 0 amide bonds. The van der Waals surface area contributed by atoms with E-state index in [1.54, 1.807) is 25.4 Å². The third-order valence-corrected chi connectivity index (χ3v) is 4.05. The van der Waals surface area contributed by atoms with Crippen molar-refractivity contribution in [3.8, 4) is 5.75 Å². The van der Waals surface area contributed by atoms with Crippen molar-refractivity contribution in [2.75, 3.05) is 30.8 Å². The molecule has 2 N–H and O–H groups in total. The van der Waals surface area contributed by atoms with Crippen molar-refractivity contribution in [2.45, 2.75) is 12.8 Å². The summed E-state index contributed by atoms with van der Waals surface area (Å²) in [6.45, 7) is 1.38. The summed E-state index contributed by atoms with van der Waals surface area (Å²) in [5.41, 5.74) is 2.26. The Morgan fingerprint density at radius 3 is 2.19 bits per heavy atom. The number of halogens is 1. The van der Waals surface area contributed by atoms with Gasteiger partial charge in [0.25, 0.3) is 0 Å². The van der Waals surface area contributed by atoms with Crippen molar-refractivity contribution >= 4 is 11.8 Å². The number of nitrogens with zero attached hydrogens (tertiary/aromatic N) is 3. The first kappa shape index (κ1) is 18.6. The van der Waals surface area contributed by atoms with Crippen molar-refractivity contribution in [2.24, 2.45) is 0 Å². The minimum absolute atomic E-state index is 0.229. The predicted octanol–water partition coefficient (Wildman–Crippen LogP) is 3.33. The van der Waals surface area contributed by atoms with Crippen molar-refractivity contribution in [1.82, 2.24) is 15.2 Å². The molecular formula is C20H22FN5O. The fourth-order valence-corrected chi connectivity index (χ4v) is 2.56. The molecule has 0 unspecified atom stereocenters. The van der Waals surface area contributed by atoms with E-state index in [2.05, 4.69) is 25.8 Å². The molecular weight excluding hydrogens is 345 g/mol. The summed E-state index contributed by atoms with van der Waals surface area (Å²) in [5.74, 6) is 1.75. The highest BCUT2D eigenvalue weighted by Crippen LogP contribution is 2.12. The smallest absolute Gasteiger partial charge is 0.244 e. The van der Waals surface area contributed by atoms with Crippen LogP contribution in [0.25, 0.3) is 0 Å². The third kappa shape index (κ3) is 5.91. The van der Waals surface area contributed by atoms with E-state index in [-0.39, 0.29) is 5.82 Å². The first-order valence-corrected chi connectivity index (χ1v) is 8.78. The van der Waals surface area contributed by atoms with Crippen LogP contribution in [0.5, 0.6) is 5.75 Å². The van der Waals surface area contributed by atoms with Gasteiger partial charge < -0.3 is 15.4 Å². The number of rotatable bonds is 9. The summed E-state index contributed by atoms with van der Waals surface area (Å²) in [5, 5.41) is 14.3. The average molecular weight is 367 g/mol. The van der Waals surface area contributed by atoms with E-state index < -0.39 is 0 Å². The van der Waals surface area contributed by atoms with Crippen molar-refractivity contribution in [3.63, 3.8) is 0 Å². The van der Waals surface area contributed by atoms with E-state index in [0.29, 0.717) is 18.3 Å². The Morgan fingerprint density at radius 2 is 1.52 bits per heavy atom. The Morgan fingerprint density at radius 1 is 0.889 bits per heavy atom. The summed E-state index contributed by atoms with van der Waals surface area (Å²) in [7, 11) is 1.66. The number of anilines is 2. The molecule has 0 radical (unpaired) electrons. The Bertz CT molecular complexity index is 840. The normalized spacial score (nSPS) is 10.4. The van der Waals surface area contributed by atoms with Crippen LogP contribution in [0.15, 0.2) is 54.7 Å². The summed E-state index contributed by atoms with van der Waals surface area (Å²) in [6.07, 6.45) is 3.21. The summed E-state index contributed by atoms with van der Waals surface area (Å²) < 4.78 is 18.1. The van der Waals surface area contributed by atoms with Crippen molar-refractivity contribution in [1.29, 1.82) is 0 Å². The molecule has 0 saturated heterocycles. The zero-order valence-electron chi connectivity index (χ0n) is 15.2. The number of aromatic nitrogens is 3. The van der Waals surface area contributed by atoms with Crippen molar-refractivity contribution in [3.05, 3.63) is 71.7 Å². The van der Waals surface area contributed by atoms with Gasteiger partial charge in [-0.2, -0.15) is 10.1 Å². The Kier molecular flexibility index (Phi) is 6.51. The third-order valence-electron chi connectivity index (χ3n) is 4.05. The van der Waals surface area contributed by atoms with Crippen LogP contribution in [0.3, 0.4) is 0 Å². The molecule has 3 aromatic rings. The van der Waals surface area contributed by atoms with E-state index in [1.165, 1.54) is 17.7 Å². The fraction of sp³-hybridized carbons (Fsp3) is 0.250. The molecule has 27 heavy (non-hydrogen) atoms. The molecule has 1 aromatic heterocycles. The quantitative estimate of drug-likeness (QED) is 0.604. The first-order chi connectivity index (χ1) is 13.2. The highest BCUT2D eigenvalue weighted by atomic mass is 19.1. The monoisotopic (exact) mass is 367 g/mol. The Balaban J connectivity index is 1.44. The van der Waals surface area contributed by atoms with Crippen molar-refractivity contribution < 1.29 is 9.13 Å². The largest absolute Gasteiger partial charge is 0.497 e. The van der Waals surface area contributed by atoms with Gasteiger partial charge in [0, 0.05) is 13.1 Å². The molecule has 0 bridgehead atoms. The van der Waals surface area contributed by atoms with Crippen LogP contribution in [-0.4, -0.2) is 35.4 Å². The average Bonchev–Trinajstić information content (AvgIpc) is 2.70. The molecule has 0 atom stereocenters. The lowest BCUT2D eigenvalue weighted by Gasteiger charge is -2.08. The molecule has 0 fully saturated rings. The summed E-state index contributed by atoms with van der Waals surface area (Å²) in [6, 6.07) is 14.4. The lowest BCUT2D eigenvalue weighted by Crippen LogP contribution is -2.12. The van der Waals surface area contributed by atoms with Gasteiger partial charge in [-0.15, -0.1) is 5.10 Å².